The number of hydrogen-bond acceptors (Lipinski definition) is 2. The molecule has 0 spiro atoms. The second-order valence-electron chi connectivity index (χ2n) is 5.54. The summed E-state index contributed by atoms with van der Waals surface area (Å²) in [5.41, 5.74) is 3.48. The van der Waals surface area contributed by atoms with Gasteiger partial charge in [-0.15, -0.1) is 0 Å². The third kappa shape index (κ3) is 6.27. The molecule has 4 nitrogen and oxygen atoms in total. The first-order chi connectivity index (χ1) is 10.2. The van der Waals surface area contributed by atoms with E-state index in [0.29, 0.717) is 11.6 Å². The zero-order valence-corrected chi connectivity index (χ0v) is 13.0. The van der Waals surface area contributed by atoms with Gasteiger partial charge in [0.05, 0.1) is 19.3 Å². The number of quaternary nitrogens is 1. The first kappa shape index (κ1) is 16.0. The summed E-state index contributed by atoms with van der Waals surface area (Å²) in [5, 5.41) is 4.66. The zero-order valence-electron chi connectivity index (χ0n) is 12.3. The van der Waals surface area contributed by atoms with E-state index in [-0.39, 0.29) is 5.91 Å². The second kappa shape index (κ2) is 8.80. The number of hydrazone groups is 1. The minimum Gasteiger partial charge on any atom is -0.327 e. The topological polar surface area (TPSA) is 45.9 Å². The number of nitrogens with zero attached hydrogens (tertiary/aromatic N) is 1. The molecule has 1 amide bonds. The largest absolute Gasteiger partial charge is 0.327 e. The van der Waals surface area contributed by atoms with E-state index in [2.05, 4.69) is 10.5 Å². The van der Waals surface area contributed by atoms with Crippen LogP contribution in [0.3, 0.4) is 0 Å². The van der Waals surface area contributed by atoms with Gasteiger partial charge in [0.2, 0.25) is 0 Å². The van der Waals surface area contributed by atoms with E-state index in [4.69, 9.17) is 11.6 Å². The van der Waals surface area contributed by atoms with Crippen LogP contribution in [0.15, 0.2) is 29.4 Å². The number of amides is 1. The molecule has 1 saturated heterocycles. The molecule has 0 atom stereocenters. The molecule has 0 bridgehead atoms. The molecule has 1 fully saturated rings. The van der Waals surface area contributed by atoms with Crippen LogP contribution in [0.25, 0.3) is 0 Å². The predicted octanol–water partition coefficient (Wildman–Crippen LogP) is 1.64. The Hall–Kier alpha value is -1.39. The summed E-state index contributed by atoms with van der Waals surface area (Å²) in [6.45, 7) is 2.68. The van der Waals surface area contributed by atoms with Crippen LogP contribution in [0, 0.1) is 0 Å². The number of carbonyl (C=O) groups excluding carboxylic acids is 1. The first-order valence-corrected chi connectivity index (χ1v) is 8.03. The van der Waals surface area contributed by atoms with Gasteiger partial charge in [0.25, 0.3) is 5.91 Å². The Bertz CT molecular complexity index is 482. The molecule has 1 heterocycles. The molecule has 1 aromatic carbocycles. The van der Waals surface area contributed by atoms with Crippen molar-refractivity contribution >= 4 is 23.7 Å². The lowest BCUT2D eigenvalue weighted by Crippen LogP contribution is -3.13. The predicted molar refractivity (Wildman–Crippen MR) is 85.8 cm³/mol. The first-order valence-electron chi connectivity index (χ1n) is 7.65. The van der Waals surface area contributed by atoms with Crippen molar-refractivity contribution in [3.05, 3.63) is 34.9 Å². The normalized spacial score (nSPS) is 17.4. The average Bonchev–Trinajstić information content (AvgIpc) is 2.42. The number of hydrogen-bond donors (Lipinski definition) is 2. The Morgan fingerprint density at radius 3 is 2.67 bits per heavy atom. The van der Waals surface area contributed by atoms with Gasteiger partial charge in [-0.25, -0.2) is 5.43 Å². The second-order valence-corrected chi connectivity index (χ2v) is 5.98. The number of nitrogens with one attached hydrogen (secondary N) is 2. The molecule has 1 aromatic rings. The summed E-state index contributed by atoms with van der Waals surface area (Å²) in [5.74, 6) is -0.0242. The molecule has 0 unspecified atom stereocenters. The van der Waals surface area contributed by atoms with Gasteiger partial charge in [0.1, 0.15) is 0 Å². The summed E-state index contributed by atoms with van der Waals surface area (Å²) < 4.78 is 0. The Labute approximate surface area is 131 Å². The molecule has 2 N–H and O–H groups in total. The molecule has 114 valence electrons. The molecule has 0 aliphatic carbocycles. The lowest BCUT2D eigenvalue weighted by molar-refractivity contribution is -0.893. The minimum atomic E-state index is -0.0242. The van der Waals surface area contributed by atoms with Gasteiger partial charge in [-0.1, -0.05) is 30.2 Å². The van der Waals surface area contributed by atoms with Crippen LogP contribution < -0.4 is 10.3 Å². The number of benzene rings is 1. The highest BCUT2D eigenvalue weighted by molar-refractivity contribution is 6.30. The highest BCUT2D eigenvalue weighted by Crippen LogP contribution is 2.08. The van der Waals surface area contributed by atoms with Crippen molar-refractivity contribution < 1.29 is 9.69 Å². The molecule has 21 heavy (non-hydrogen) atoms. The maximum Gasteiger partial charge on any atom is 0.295 e. The van der Waals surface area contributed by atoms with Crippen molar-refractivity contribution in [3.8, 4) is 0 Å². The fourth-order valence-electron chi connectivity index (χ4n) is 2.61. The van der Waals surface area contributed by atoms with Crippen molar-refractivity contribution in [2.75, 3.05) is 19.6 Å². The molecule has 0 aromatic heterocycles. The van der Waals surface area contributed by atoms with Gasteiger partial charge < -0.3 is 4.90 Å². The summed E-state index contributed by atoms with van der Waals surface area (Å²) in [6.07, 6.45) is 7.97. The van der Waals surface area contributed by atoms with Gasteiger partial charge in [0, 0.05) is 5.02 Å². The Morgan fingerprint density at radius 2 is 1.95 bits per heavy atom. The Kier molecular flexibility index (Phi) is 6.70. The van der Waals surface area contributed by atoms with E-state index in [1.807, 2.05) is 18.2 Å². The Morgan fingerprint density at radius 1 is 1.24 bits per heavy atom. The number of likely N-dealkylation sites (tertiary alicyclic amines) is 1. The summed E-state index contributed by atoms with van der Waals surface area (Å²) >= 11 is 5.89. The fraction of sp³-hybridized carbons (Fsp3) is 0.500. The van der Waals surface area contributed by atoms with E-state index in [1.165, 1.54) is 37.0 Å². The molecule has 0 saturated carbocycles. The van der Waals surface area contributed by atoms with E-state index >= 15 is 0 Å². The van der Waals surface area contributed by atoms with E-state index in [1.54, 1.807) is 12.3 Å². The lowest BCUT2D eigenvalue weighted by Gasteiger charge is -2.20. The maximum absolute atomic E-state index is 11.9. The standard InChI is InChI=1S/C16H22ClN3O/c17-15-8-6-7-14(11-15)12-18-19-16(21)13-20-9-4-2-1-3-5-10-20/h6-8,11-12H,1-5,9-10,13H2,(H,19,21)/p+1/b18-12-. The molecular weight excluding hydrogens is 286 g/mol. The minimum absolute atomic E-state index is 0.0242. The van der Waals surface area contributed by atoms with Crippen LogP contribution in [0.1, 0.15) is 37.7 Å². The average molecular weight is 309 g/mol. The number of halogens is 1. The third-order valence-electron chi connectivity index (χ3n) is 3.72. The quantitative estimate of drug-likeness (QED) is 0.645. The summed E-state index contributed by atoms with van der Waals surface area (Å²) in [6, 6.07) is 7.37. The van der Waals surface area contributed by atoms with Gasteiger partial charge in [0.15, 0.2) is 6.54 Å². The van der Waals surface area contributed by atoms with Crippen molar-refractivity contribution in [1.29, 1.82) is 0 Å². The Balaban J connectivity index is 1.76. The van der Waals surface area contributed by atoms with Gasteiger partial charge >= 0.3 is 0 Å². The van der Waals surface area contributed by atoms with Crippen molar-refractivity contribution in [2.45, 2.75) is 32.1 Å². The van der Waals surface area contributed by atoms with Crippen LogP contribution in [0.4, 0.5) is 0 Å². The summed E-state index contributed by atoms with van der Waals surface area (Å²) in [4.78, 5) is 13.3. The van der Waals surface area contributed by atoms with Crippen LogP contribution in [-0.2, 0) is 4.79 Å². The summed E-state index contributed by atoms with van der Waals surface area (Å²) in [7, 11) is 0. The van der Waals surface area contributed by atoms with Crippen LogP contribution in [0.2, 0.25) is 5.02 Å². The molecule has 2 rings (SSSR count). The van der Waals surface area contributed by atoms with Crippen LogP contribution in [-0.4, -0.2) is 31.8 Å². The van der Waals surface area contributed by atoms with E-state index in [0.717, 1.165) is 18.7 Å². The van der Waals surface area contributed by atoms with Crippen LogP contribution in [0.5, 0.6) is 0 Å². The van der Waals surface area contributed by atoms with Crippen LogP contribution >= 0.6 is 11.6 Å². The highest BCUT2D eigenvalue weighted by Gasteiger charge is 2.14. The van der Waals surface area contributed by atoms with Crippen molar-refractivity contribution in [2.24, 2.45) is 5.10 Å². The lowest BCUT2D eigenvalue weighted by atomic mass is 10.1. The van der Waals surface area contributed by atoms with Gasteiger partial charge in [-0.3, -0.25) is 4.79 Å². The third-order valence-corrected chi connectivity index (χ3v) is 3.96. The van der Waals surface area contributed by atoms with E-state index < -0.39 is 0 Å². The molecule has 1 aliphatic rings. The van der Waals surface area contributed by atoms with Crippen molar-refractivity contribution in [3.63, 3.8) is 0 Å². The molecule has 0 radical (unpaired) electrons. The SMILES string of the molecule is O=C(C[NH+]1CCCCCCC1)N/N=C\c1cccc(Cl)c1. The molecular formula is C16H23ClN3O+. The molecule has 1 aliphatic heterocycles. The zero-order chi connectivity index (χ0) is 14.9. The number of rotatable bonds is 4. The highest BCUT2D eigenvalue weighted by atomic mass is 35.5. The van der Waals surface area contributed by atoms with Gasteiger partial charge in [-0.2, -0.15) is 5.10 Å². The van der Waals surface area contributed by atoms with Gasteiger partial charge in [-0.05, 0) is 43.4 Å². The number of carbonyl (C=O) groups is 1. The fourth-order valence-corrected chi connectivity index (χ4v) is 2.81. The smallest absolute Gasteiger partial charge is 0.295 e. The monoisotopic (exact) mass is 308 g/mol. The van der Waals surface area contributed by atoms with E-state index in [9.17, 15) is 4.79 Å². The maximum atomic E-state index is 11.9. The van der Waals surface area contributed by atoms with Crippen molar-refractivity contribution in [1.82, 2.24) is 5.43 Å². The molecule has 5 heteroatoms.